The standard InChI is InChI=1S/C15H20N2/c1-5-13-9-10-17(16-13)14-8-6-7-12(11-14)15(2,3)4/h6-11H,5H2,1-4H3. The number of hydrogen-bond donors (Lipinski definition) is 0. The van der Waals surface area contributed by atoms with Crippen molar-refractivity contribution in [2.75, 3.05) is 0 Å². The summed E-state index contributed by atoms with van der Waals surface area (Å²) in [6, 6.07) is 10.7. The molecular weight excluding hydrogens is 208 g/mol. The fourth-order valence-electron chi connectivity index (χ4n) is 1.81. The van der Waals surface area contributed by atoms with Crippen LogP contribution >= 0.6 is 0 Å². The molecule has 0 radical (unpaired) electrons. The van der Waals surface area contributed by atoms with Crippen molar-refractivity contribution in [1.82, 2.24) is 9.78 Å². The van der Waals surface area contributed by atoms with Crippen molar-refractivity contribution >= 4 is 0 Å². The minimum absolute atomic E-state index is 0.177. The van der Waals surface area contributed by atoms with Gasteiger partial charge in [-0.05, 0) is 35.6 Å². The average Bonchev–Trinajstić information content (AvgIpc) is 2.76. The Morgan fingerprint density at radius 1 is 1.18 bits per heavy atom. The van der Waals surface area contributed by atoms with Crippen LogP contribution < -0.4 is 0 Å². The van der Waals surface area contributed by atoms with Crippen LogP contribution in [0, 0.1) is 0 Å². The maximum absolute atomic E-state index is 4.54. The molecule has 0 N–H and O–H groups in total. The largest absolute Gasteiger partial charge is 0.241 e. The fourth-order valence-corrected chi connectivity index (χ4v) is 1.81. The highest BCUT2D eigenvalue weighted by Gasteiger charge is 2.14. The normalized spacial score (nSPS) is 11.8. The first-order chi connectivity index (χ1) is 8.00. The van der Waals surface area contributed by atoms with E-state index in [1.54, 1.807) is 0 Å². The van der Waals surface area contributed by atoms with Gasteiger partial charge in [-0.3, -0.25) is 0 Å². The molecule has 2 aromatic rings. The third-order valence-corrected chi connectivity index (χ3v) is 2.98. The van der Waals surface area contributed by atoms with Gasteiger partial charge in [0.2, 0.25) is 0 Å². The zero-order chi connectivity index (χ0) is 12.5. The SMILES string of the molecule is CCc1ccn(-c2cccc(C(C)(C)C)c2)n1. The zero-order valence-electron chi connectivity index (χ0n) is 11.1. The van der Waals surface area contributed by atoms with Crippen LogP contribution in [0.3, 0.4) is 0 Å². The number of rotatable bonds is 2. The van der Waals surface area contributed by atoms with Crippen LogP contribution in [0.25, 0.3) is 5.69 Å². The van der Waals surface area contributed by atoms with E-state index < -0.39 is 0 Å². The van der Waals surface area contributed by atoms with Crippen LogP contribution in [0.5, 0.6) is 0 Å². The Morgan fingerprint density at radius 3 is 2.53 bits per heavy atom. The van der Waals surface area contributed by atoms with Gasteiger partial charge in [-0.25, -0.2) is 4.68 Å². The van der Waals surface area contributed by atoms with E-state index in [0.717, 1.165) is 17.8 Å². The molecule has 0 bridgehead atoms. The molecule has 0 unspecified atom stereocenters. The molecule has 0 aliphatic heterocycles. The number of benzene rings is 1. The highest BCUT2D eigenvalue weighted by atomic mass is 15.3. The van der Waals surface area contributed by atoms with Crippen LogP contribution in [-0.4, -0.2) is 9.78 Å². The molecule has 0 atom stereocenters. The number of aryl methyl sites for hydroxylation is 1. The molecule has 1 aromatic carbocycles. The molecule has 0 amide bonds. The van der Waals surface area contributed by atoms with E-state index in [9.17, 15) is 0 Å². The van der Waals surface area contributed by atoms with Gasteiger partial charge < -0.3 is 0 Å². The predicted molar refractivity (Wildman–Crippen MR) is 71.6 cm³/mol. The van der Waals surface area contributed by atoms with Gasteiger partial charge in [0.15, 0.2) is 0 Å². The lowest BCUT2D eigenvalue weighted by atomic mass is 9.87. The predicted octanol–water partition coefficient (Wildman–Crippen LogP) is 3.73. The van der Waals surface area contributed by atoms with Crippen LogP contribution in [0.4, 0.5) is 0 Å². The highest BCUT2D eigenvalue weighted by Crippen LogP contribution is 2.23. The third-order valence-electron chi connectivity index (χ3n) is 2.98. The molecule has 0 aliphatic carbocycles. The van der Waals surface area contributed by atoms with Crippen LogP contribution in [-0.2, 0) is 11.8 Å². The molecule has 90 valence electrons. The first kappa shape index (κ1) is 11.9. The molecule has 1 aromatic heterocycles. The van der Waals surface area contributed by atoms with Crippen LogP contribution in [0.2, 0.25) is 0 Å². The summed E-state index contributed by atoms with van der Waals surface area (Å²) < 4.78 is 1.95. The minimum atomic E-state index is 0.177. The van der Waals surface area contributed by atoms with Gasteiger partial charge in [0, 0.05) is 6.20 Å². The van der Waals surface area contributed by atoms with Crippen molar-refractivity contribution in [2.24, 2.45) is 0 Å². The first-order valence-corrected chi connectivity index (χ1v) is 6.16. The monoisotopic (exact) mass is 228 g/mol. The molecule has 2 nitrogen and oxygen atoms in total. The van der Waals surface area contributed by atoms with E-state index in [4.69, 9.17) is 0 Å². The summed E-state index contributed by atoms with van der Waals surface area (Å²) in [5.74, 6) is 0. The maximum atomic E-state index is 4.54. The van der Waals surface area contributed by atoms with Gasteiger partial charge in [0.25, 0.3) is 0 Å². The highest BCUT2D eigenvalue weighted by molar-refractivity contribution is 5.38. The summed E-state index contributed by atoms with van der Waals surface area (Å²) in [5.41, 5.74) is 3.78. The van der Waals surface area contributed by atoms with Crippen molar-refractivity contribution in [3.8, 4) is 5.69 Å². The van der Waals surface area contributed by atoms with E-state index in [2.05, 4.69) is 63.1 Å². The van der Waals surface area contributed by atoms with Gasteiger partial charge in [-0.2, -0.15) is 5.10 Å². The zero-order valence-corrected chi connectivity index (χ0v) is 11.1. The van der Waals surface area contributed by atoms with Crippen molar-refractivity contribution in [3.05, 3.63) is 47.8 Å². The molecule has 2 heteroatoms. The molecule has 0 fully saturated rings. The smallest absolute Gasteiger partial charge is 0.0648 e. The van der Waals surface area contributed by atoms with Gasteiger partial charge in [0.05, 0.1) is 11.4 Å². The van der Waals surface area contributed by atoms with E-state index >= 15 is 0 Å². The molecule has 0 saturated heterocycles. The molecule has 0 saturated carbocycles. The summed E-state index contributed by atoms with van der Waals surface area (Å²) in [5, 5.41) is 4.54. The summed E-state index contributed by atoms with van der Waals surface area (Å²) >= 11 is 0. The first-order valence-electron chi connectivity index (χ1n) is 6.16. The molecule has 17 heavy (non-hydrogen) atoms. The van der Waals surface area contributed by atoms with E-state index in [1.165, 1.54) is 5.56 Å². The molecular formula is C15H20N2. The van der Waals surface area contributed by atoms with E-state index in [0.29, 0.717) is 0 Å². The lowest BCUT2D eigenvalue weighted by Gasteiger charge is -2.19. The van der Waals surface area contributed by atoms with Gasteiger partial charge >= 0.3 is 0 Å². The molecule has 0 spiro atoms. The second-order valence-electron chi connectivity index (χ2n) is 5.41. The number of nitrogens with zero attached hydrogens (tertiary/aromatic N) is 2. The Labute approximate surface area is 103 Å². The van der Waals surface area contributed by atoms with Gasteiger partial charge in [-0.1, -0.05) is 39.8 Å². The fraction of sp³-hybridized carbons (Fsp3) is 0.400. The summed E-state index contributed by atoms with van der Waals surface area (Å²) in [6.45, 7) is 8.81. The lowest BCUT2D eigenvalue weighted by Crippen LogP contribution is -2.11. The van der Waals surface area contributed by atoms with Crippen LogP contribution in [0.1, 0.15) is 39.0 Å². The molecule has 2 rings (SSSR count). The quantitative estimate of drug-likeness (QED) is 0.765. The molecule has 1 heterocycles. The second kappa shape index (κ2) is 4.36. The second-order valence-corrected chi connectivity index (χ2v) is 5.41. The topological polar surface area (TPSA) is 17.8 Å². The van der Waals surface area contributed by atoms with E-state index in [1.807, 2.05) is 10.9 Å². The van der Waals surface area contributed by atoms with Crippen LogP contribution in [0.15, 0.2) is 36.5 Å². The van der Waals surface area contributed by atoms with Gasteiger partial charge in [0.1, 0.15) is 0 Å². The minimum Gasteiger partial charge on any atom is -0.241 e. The van der Waals surface area contributed by atoms with Crippen molar-refractivity contribution in [1.29, 1.82) is 0 Å². The Kier molecular flexibility index (Phi) is 3.05. The lowest BCUT2D eigenvalue weighted by molar-refractivity contribution is 0.589. The van der Waals surface area contributed by atoms with E-state index in [-0.39, 0.29) is 5.41 Å². The number of aromatic nitrogens is 2. The summed E-state index contributed by atoms with van der Waals surface area (Å²) in [6.07, 6.45) is 3.01. The van der Waals surface area contributed by atoms with Crippen molar-refractivity contribution in [2.45, 2.75) is 39.5 Å². The number of hydrogen-bond acceptors (Lipinski definition) is 1. The Hall–Kier alpha value is -1.57. The van der Waals surface area contributed by atoms with Gasteiger partial charge in [-0.15, -0.1) is 0 Å². The molecule has 0 aliphatic rings. The third kappa shape index (κ3) is 2.57. The maximum Gasteiger partial charge on any atom is 0.0648 e. The Morgan fingerprint density at radius 2 is 1.94 bits per heavy atom. The average molecular weight is 228 g/mol. The Bertz CT molecular complexity index is 504. The van der Waals surface area contributed by atoms with Crippen molar-refractivity contribution in [3.63, 3.8) is 0 Å². The summed E-state index contributed by atoms with van der Waals surface area (Å²) in [4.78, 5) is 0. The summed E-state index contributed by atoms with van der Waals surface area (Å²) in [7, 11) is 0. The Balaban J connectivity index is 2.39. The van der Waals surface area contributed by atoms with Crippen molar-refractivity contribution < 1.29 is 0 Å².